The first-order valence-corrected chi connectivity index (χ1v) is 4.75. The third-order valence-corrected chi connectivity index (χ3v) is 2.54. The molecule has 13 heavy (non-hydrogen) atoms. The van der Waals surface area contributed by atoms with Crippen molar-refractivity contribution in [1.29, 1.82) is 0 Å². The summed E-state index contributed by atoms with van der Waals surface area (Å²) < 4.78 is 28.7. The molecule has 0 radical (unpaired) electrons. The molecule has 2 N–H and O–H groups in total. The van der Waals surface area contributed by atoms with Gasteiger partial charge in [0, 0.05) is 6.04 Å². The van der Waals surface area contributed by atoms with Crippen LogP contribution in [0.4, 0.5) is 8.78 Å². The second-order valence-electron chi connectivity index (χ2n) is 3.84. The Morgan fingerprint density at radius 3 is 2.77 bits per heavy atom. The molecule has 0 aromatic rings. The van der Waals surface area contributed by atoms with Gasteiger partial charge in [-0.2, -0.15) is 0 Å². The predicted octanol–water partition coefficient (Wildman–Crippen LogP) is 1.78. The van der Waals surface area contributed by atoms with Gasteiger partial charge in [0.25, 0.3) is 6.43 Å². The Labute approximate surface area is 77.4 Å². The van der Waals surface area contributed by atoms with Crippen LogP contribution < -0.4 is 5.73 Å². The van der Waals surface area contributed by atoms with E-state index in [-0.39, 0.29) is 12.1 Å². The molecule has 1 rings (SSSR count). The van der Waals surface area contributed by atoms with E-state index in [4.69, 9.17) is 10.5 Å². The summed E-state index contributed by atoms with van der Waals surface area (Å²) in [5, 5.41) is 0. The molecular weight excluding hydrogens is 176 g/mol. The summed E-state index contributed by atoms with van der Waals surface area (Å²) in [6, 6.07) is -0.0602. The minimum Gasteiger partial charge on any atom is -0.371 e. The van der Waals surface area contributed by atoms with Crippen LogP contribution in [0, 0.1) is 5.92 Å². The standard InChI is InChI=1S/C9H17F2NO/c1-6-2-3-7(12)8(4-6)13-5-9(10)11/h6-9H,2-5,12H2,1H3. The lowest BCUT2D eigenvalue weighted by Gasteiger charge is -2.32. The van der Waals surface area contributed by atoms with Gasteiger partial charge in [0.15, 0.2) is 0 Å². The van der Waals surface area contributed by atoms with Gasteiger partial charge in [-0.3, -0.25) is 0 Å². The van der Waals surface area contributed by atoms with Gasteiger partial charge >= 0.3 is 0 Å². The number of alkyl halides is 2. The summed E-state index contributed by atoms with van der Waals surface area (Å²) in [7, 11) is 0. The molecule has 0 aromatic carbocycles. The quantitative estimate of drug-likeness (QED) is 0.741. The van der Waals surface area contributed by atoms with Crippen LogP contribution in [-0.2, 0) is 4.74 Å². The molecule has 0 amide bonds. The van der Waals surface area contributed by atoms with Crippen molar-refractivity contribution < 1.29 is 13.5 Å². The highest BCUT2D eigenvalue weighted by molar-refractivity contribution is 4.81. The topological polar surface area (TPSA) is 35.2 Å². The van der Waals surface area contributed by atoms with Gasteiger partial charge in [0.1, 0.15) is 6.61 Å². The van der Waals surface area contributed by atoms with E-state index >= 15 is 0 Å². The third kappa shape index (κ3) is 3.56. The number of nitrogens with two attached hydrogens (primary N) is 1. The molecule has 78 valence electrons. The van der Waals surface area contributed by atoms with Crippen LogP contribution in [0.25, 0.3) is 0 Å². The average Bonchev–Trinajstić information content (AvgIpc) is 2.06. The summed E-state index contributed by atoms with van der Waals surface area (Å²) in [6.45, 7) is 1.62. The van der Waals surface area contributed by atoms with Crippen LogP contribution in [0.2, 0.25) is 0 Å². The van der Waals surface area contributed by atoms with E-state index in [0.717, 1.165) is 19.3 Å². The van der Waals surface area contributed by atoms with Gasteiger partial charge in [-0.15, -0.1) is 0 Å². The van der Waals surface area contributed by atoms with Gasteiger partial charge in [-0.05, 0) is 25.2 Å². The van der Waals surface area contributed by atoms with E-state index in [0.29, 0.717) is 5.92 Å². The van der Waals surface area contributed by atoms with Crippen molar-refractivity contribution in [2.24, 2.45) is 11.7 Å². The lowest BCUT2D eigenvalue weighted by Crippen LogP contribution is -2.42. The molecule has 0 bridgehead atoms. The highest BCUT2D eigenvalue weighted by Gasteiger charge is 2.27. The molecule has 1 aliphatic carbocycles. The second-order valence-corrected chi connectivity index (χ2v) is 3.84. The molecule has 3 unspecified atom stereocenters. The Bertz CT molecular complexity index is 155. The number of hydrogen-bond acceptors (Lipinski definition) is 2. The van der Waals surface area contributed by atoms with Crippen LogP contribution in [0.5, 0.6) is 0 Å². The summed E-state index contributed by atoms with van der Waals surface area (Å²) in [5.41, 5.74) is 5.76. The third-order valence-electron chi connectivity index (χ3n) is 2.54. The van der Waals surface area contributed by atoms with Crippen LogP contribution in [0.3, 0.4) is 0 Å². The minimum atomic E-state index is -2.38. The first-order chi connectivity index (χ1) is 6.09. The van der Waals surface area contributed by atoms with E-state index < -0.39 is 13.0 Å². The molecule has 4 heteroatoms. The maximum Gasteiger partial charge on any atom is 0.261 e. The van der Waals surface area contributed by atoms with E-state index in [9.17, 15) is 8.78 Å². The second kappa shape index (κ2) is 4.86. The van der Waals surface area contributed by atoms with Crippen molar-refractivity contribution in [2.75, 3.05) is 6.61 Å². The number of hydrogen-bond donors (Lipinski definition) is 1. The average molecular weight is 193 g/mol. The van der Waals surface area contributed by atoms with E-state index in [1.54, 1.807) is 0 Å². The minimum absolute atomic E-state index is 0.0602. The smallest absolute Gasteiger partial charge is 0.261 e. The van der Waals surface area contributed by atoms with Crippen molar-refractivity contribution in [3.8, 4) is 0 Å². The Balaban J connectivity index is 2.29. The Morgan fingerprint density at radius 1 is 1.46 bits per heavy atom. The fraction of sp³-hybridized carbons (Fsp3) is 1.00. The van der Waals surface area contributed by atoms with Crippen molar-refractivity contribution in [1.82, 2.24) is 0 Å². The summed E-state index contributed by atoms with van der Waals surface area (Å²) in [6.07, 6.45) is 0.223. The molecule has 3 atom stereocenters. The van der Waals surface area contributed by atoms with Crippen molar-refractivity contribution in [3.05, 3.63) is 0 Å². The highest BCUT2D eigenvalue weighted by atomic mass is 19.3. The van der Waals surface area contributed by atoms with E-state index in [2.05, 4.69) is 6.92 Å². The van der Waals surface area contributed by atoms with Gasteiger partial charge < -0.3 is 10.5 Å². The highest BCUT2D eigenvalue weighted by Crippen LogP contribution is 2.25. The van der Waals surface area contributed by atoms with Gasteiger partial charge in [-0.25, -0.2) is 8.78 Å². The maximum absolute atomic E-state index is 11.8. The van der Waals surface area contributed by atoms with Crippen molar-refractivity contribution >= 4 is 0 Å². The van der Waals surface area contributed by atoms with E-state index in [1.165, 1.54) is 0 Å². The largest absolute Gasteiger partial charge is 0.371 e. The molecule has 0 heterocycles. The molecule has 1 aliphatic rings. The molecule has 1 saturated carbocycles. The van der Waals surface area contributed by atoms with Gasteiger partial charge in [0.2, 0.25) is 0 Å². The van der Waals surface area contributed by atoms with Crippen LogP contribution in [-0.4, -0.2) is 25.2 Å². The Hall–Kier alpha value is -0.220. The first-order valence-electron chi connectivity index (χ1n) is 4.75. The number of rotatable bonds is 3. The zero-order valence-corrected chi connectivity index (χ0v) is 7.88. The molecule has 0 aromatic heterocycles. The molecule has 0 aliphatic heterocycles. The van der Waals surface area contributed by atoms with Crippen LogP contribution in [0.15, 0.2) is 0 Å². The zero-order chi connectivity index (χ0) is 9.84. The molecule has 1 fully saturated rings. The SMILES string of the molecule is CC1CCC(N)C(OCC(F)F)C1. The van der Waals surface area contributed by atoms with Crippen LogP contribution in [0.1, 0.15) is 26.2 Å². The normalized spacial score (nSPS) is 35.3. The van der Waals surface area contributed by atoms with E-state index in [1.807, 2.05) is 0 Å². The lowest BCUT2D eigenvalue weighted by atomic mass is 9.85. The summed E-state index contributed by atoms with van der Waals surface area (Å²) >= 11 is 0. The predicted molar refractivity (Wildman–Crippen MR) is 46.7 cm³/mol. The fourth-order valence-corrected chi connectivity index (χ4v) is 1.74. The van der Waals surface area contributed by atoms with Gasteiger partial charge in [0.05, 0.1) is 6.10 Å². The lowest BCUT2D eigenvalue weighted by molar-refractivity contribution is -0.0511. The Morgan fingerprint density at radius 2 is 2.15 bits per heavy atom. The zero-order valence-electron chi connectivity index (χ0n) is 7.88. The monoisotopic (exact) mass is 193 g/mol. The molecule has 0 saturated heterocycles. The molecule has 0 spiro atoms. The van der Waals surface area contributed by atoms with Crippen LogP contribution >= 0.6 is 0 Å². The molecular formula is C9H17F2NO. The first kappa shape index (κ1) is 10.9. The Kier molecular flexibility index (Phi) is 4.06. The summed E-state index contributed by atoms with van der Waals surface area (Å²) in [5.74, 6) is 0.544. The van der Waals surface area contributed by atoms with Crippen molar-refractivity contribution in [2.45, 2.75) is 44.8 Å². The molecule has 2 nitrogen and oxygen atoms in total. The van der Waals surface area contributed by atoms with Gasteiger partial charge in [-0.1, -0.05) is 6.92 Å². The fourth-order valence-electron chi connectivity index (χ4n) is 1.74. The van der Waals surface area contributed by atoms with Crippen molar-refractivity contribution in [3.63, 3.8) is 0 Å². The summed E-state index contributed by atoms with van der Waals surface area (Å²) in [4.78, 5) is 0. The number of halogens is 2. The number of ether oxygens (including phenoxy) is 1. The maximum atomic E-state index is 11.8.